The molecule has 17 heavy (non-hydrogen) atoms. The van der Waals surface area contributed by atoms with E-state index in [1.165, 1.54) is 0 Å². The molecule has 2 aliphatic rings. The van der Waals surface area contributed by atoms with Gasteiger partial charge in [-0.15, -0.1) is 0 Å². The molecule has 0 radical (unpaired) electrons. The van der Waals surface area contributed by atoms with E-state index in [9.17, 15) is 9.59 Å². The predicted molar refractivity (Wildman–Crippen MR) is 63.5 cm³/mol. The zero-order valence-electron chi connectivity index (χ0n) is 10.4. The van der Waals surface area contributed by atoms with Crippen molar-refractivity contribution in [1.82, 2.24) is 5.32 Å². The fourth-order valence-electron chi connectivity index (χ4n) is 2.87. The zero-order valence-corrected chi connectivity index (χ0v) is 10.4. The molecule has 2 rings (SSSR count). The van der Waals surface area contributed by atoms with Crippen molar-refractivity contribution in [1.29, 1.82) is 0 Å². The maximum absolute atomic E-state index is 12.1. The van der Waals surface area contributed by atoms with Gasteiger partial charge in [0, 0.05) is 5.92 Å². The number of rotatable bonds is 5. The molecule has 0 saturated heterocycles. The Morgan fingerprint density at radius 3 is 2.41 bits per heavy atom. The van der Waals surface area contributed by atoms with Gasteiger partial charge in [0.2, 0.25) is 5.91 Å². The first kappa shape index (κ1) is 12.4. The van der Waals surface area contributed by atoms with Crippen LogP contribution in [0.25, 0.3) is 0 Å². The number of aliphatic carboxylic acids is 1. The average molecular weight is 239 g/mol. The van der Waals surface area contributed by atoms with E-state index >= 15 is 0 Å². The van der Waals surface area contributed by atoms with Crippen molar-refractivity contribution >= 4 is 11.9 Å². The summed E-state index contributed by atoms with van der Waals surface area (Å²) >= 11 is 0. The number of carboxylic acid groups (broad SMARTS) is 1. The second kappa shape index (κ2) is 4.67. The highest BCUT2D eigenvalue weighted by molar-refractivity contribution is 5.81. The summed E-state index contributed by atoms with van der Waals surface area (Å²) < 4.78 is 0. The SMILES string of the molecule is CC(C(=O)NC1(CC(=O)O)CCCC1)C1CC1. The smallest absolute Gasteiger partial charge is 0.305 e. The topological polar surface area (TPSA) is 66.4 Å². The van der Waals surface area contributed by atoms with Crippen LogP contribution in [0.3, 0.4) is 0 Å². The molecular formula is C13H21NO3. The summed E-state index contributed by atoms with van der Waals surface area (Å²) in [6, 6.07) is 0. The molecule has 1 amide bonds. The van der Waals surface area contributed by atoms with Crippen LogP contribution in [0, 0.1) is 11.8 Å². The van der Waals surface area contributed by atoms with Crippen LogP contribution in [0.15, 0.2) is 0 Å². The summed E-state index contributed by atoms with van der Waals surface area (Å²) in [6.07, 6.45) is 6.00. The third-order valence-corrected chi connectivity index (χ3v) is 4.18. The molecule has 0 aromatic carbocycles. The number of amides is 1. The molecular weight excluding hydrogens is 218 g/mol. The molecule has 0 spiro atoms. The van der Waals surface area contributed by atoms with Crippen LogP contribution in [0.2, 0.25) is 0 Å². The maximum atomic E-state index is 12.1. The summed E-state index contributed by atoms with van der Waals surface area (Å²) in [6.45, 7) is 1.95. The van der Waals surface area contributed by atoms with Gasteiger partial charge < -0.3 is 10.4 Å². The van der Waals surface area contributed by atoms with Crippen LogP contribution in [0.4, 0.5) is 0 Å². The highest BCUT2D eigenvalue weighted by Crippen LogP contribution is 2.38. The Labute approximate surface area is 102 Å². The highest BCUT2D eigenvalue weighted by Gasteiger charge is 2.40. The quantitative estimate of drug-likeness (QED) is 0.770. The van der Waals surface area contributed by atoms with Crippen LogP contribution >= 0.6 is 0 Å². The van der Waals surface area contributed by atoms with Crippen molar-refractivity contribution in [2.24, 2.45) is 11.8 Å². The van der Waals surface area contributed by atoms with E-state index in [1.54, 1.807) is 0 Å². The van der Waals surface area contributed by atoms with Crippen molar-refractivity contribution in [2.45, 2.75) is 57.4 Å². The Kier molecular flexibility index (Phi) is 3.40. The van der Waals surface area contributed by atoms with Gasteiger partial charge in [0.1, 0.15) is 0 Å². The molecule has 0 heterocycles. The predicted octanol–water partition coefficient (Wildman–Crippen LogP) is 1.94. The normalized spacial score (nSPS) is 24.3. The fraction of sp³-hybridized carbons (Fsp3) is 0.846. The fourth-order valence-corrected chi connectivity index (χ4v) is 2.87. The van der Waals surface area contributed by atoms with Crippen molar-refractivity contribution < 1.29 is 14.7 Å². The standard InChI is InChI=1S/C13H21NO3/c1-9(10-4-5-10)12(17)14-13(8-11(15)16)6-2-3-7-13/h9-10H,2-8H2,1H3,(H,14,17)(H,15,16). The lowest BCUT2D eigenvalue weighted by Gasteiger charge is -2.30. The third kappa shape index (κ3) is 2.99. The number of hydrogen-bond donors (Lipinski definition) is 2. The van der Waals surface area contributed by atoms with Gasteiger partial charge in [-0.25, -0.2) is 0 Å². The van der Waals surface area contributed by atoms with Gasteiger partial charge in [0.25, 0.3) is 0 Å². The van der Waals surface area contributed by atoms with Crippen molar-refractivity contribution in [3.8, 4) is 0 Å². The van der Waals surface area contributed by atoms with Crippen molar-refractivity contribution in [2.75, 3.05) is 0 Å². The minimum atomic E-state index is -0.814. The monoisotopic (exact) mass is 239 g/mol. The van der Waals surface area contributed by atoms with Gasteiger partial charge in [0.15, 0.2) is 0 Å². The van der Waals surface area contributed by atoms with E-state index in [4.69, 9.17) is 5.11 Å². The number of carbonyl (C=O) groups excluding carboxylic acids is 1. The van der Waals surface area contributed by atoms with E-state index in [-0.39, 0.29) is 18.2 Å². The van der Waals surface area contributed by atoms with Gasteiger partial charge in [-0.1, -0.05) is 19.8 Å². The molecule has 2 fully saturated rings. The Hall–Kier alpha value is -1.06. The van der Waals surface area contributed by atoms with Gasteiger partial charge in [0.05, 0.1) is 12.0 Å². The lowest BCUT2D eigenvalue weighted by molar-refractivity contribution is -0.139. The second-order valence-electron chi connectivity index (χ2n) is 5.67. The molecule has 1 atom stereocenters. The minimum absolute atomic E-state index is 0.0428. The number of carboxylic acids is 1. The number of nitrogens with one attached hydrogen (secondary N) is 1. The van der Waals surface area contributed by atoms with Crippen LogP contribution < -0.4 is 5.32 Å². The minimum Gasteiger partial charge on any atom is -0.481 e. The van der Waals surface area contributed by atoms with Gasteiger partial charge in [-0.05, 0) is 31.6 Å². The Bertz CT molecular complexity index is 317. The molecule has 2 aliphatic carbocycles. The van der Waals surface area contributed by atoms with Crippen molar-refractivity contribution in [3.05, 3.63) is 0 Å². The Morgan fingerprint density at radius 2 is 1.94 bits per heavy atom. The first-order valence-electron chi connectivity index (χ1n) is 6.56. The van der Waals surface area contributed by atoms with E-state index in [0.717, 1.165) is 38.5 Å². The third-order valence-electron chi connectivity index (χ3n) is 4.18. The summed E-state index contributed by atoms with van der Waals surface area (Å²) in [5.74, 6) is -0.193. The van der Waals surface area contributed by atoms with E-state index in [2.05, 4.69) is 5.32 Å². The summed E-state index contributed by atoms with van der Waals surface area (Å²) in [5, 5.41) is 12.0. The molecule has 2 N–H and O–H groups in total. The second-order valence-corrected chi connectivity index (χ2v) is 5.67. The van der Waals surface area contributed by atoms with E-state index in [1.807, 2.05) is 6.92 Å². The van der Waals surface area contributed by atoms with E-state index in [0.29, 0.717) is 5.92 Å². The molecule has 1 unspecified atom stereocenters. The molecule has 0 aromatic rings. The first-order valence-corrected chi connectivity index (χ1v) is 6.56. The number of carbonyl (C=O) groups is 2. The Balaban J connectivity index is 1.96. The number of hydrogen-bond acceptors (Lipinski definition) is 2. The van der Waals surface area contributed by atoms with Gasteiger partial charge in [-0.3, -0.25) is 9.59 Å². The van der Waals surface area contributed by atoms with Crippen LogP contribution in [0.1, 0.15) is 51.9 Å². The first-order chi connectivity index (χ1) is 8.02. The summed E-state index contributed by atoms with van der Waals surface area (Å²) in [5.41, 5.74) is -0.466. The van der Waals surface area contributed by atoms with Gasteiger partial charge in [-0.2, -0.15) is 0 Å². The summed E-state index contributed by atoms with van der Waals surface area (Å²) in [4.78, 5) is 23.0. The molecule has 4 nitrogen and oxygen atoms in total. The maximum Gasteiger partial charge on any atom is 0.305 e. The van der Waals surface area contributed by atoms with Crippen LogP contribution in [-0.4, -0.2) is 22.5 Å². The van der Waals surface area contributed by atoms with Crippen molar-refractivity contribution in [3.63, 3.8) is 0 Å². The summed E-state index contributed by atoms with van der Waals surface area (Å²) in [7, 11) is 0. The molecule has 0 bridgehead atoms. The molecule has 2 saturated carbocycles. The van der Waals surface area contributed by atoms with E-state index < -0.39 is 11.5 Å². The molecule has 96 valence electrons. The molecule has 4 heteroatoms. The molecule has 0 aliphatic heterocycles. The highest BCUT2D eigenvalue weighted by atomic mass is 16.4. The van der Waals surface area contributed by atoms with Crippen LogP contribution in [0.5, 0.6) is 0 Å². The molecule has 0 aromatic heterocycles. The lowest BCUT2D eigenvalue weighted by Crippen LogP contribution is -2.49. The zero-order chi connectivity index (χ0) is 12.5. The van der Waals surface area contributed by atoms with Gasteiger partial charge >= 0.3 is 5.97 Å². The largest absolute Gasteiger partial charge is 0.481 e. The van der Waals surface area contributed by atoms with Crippen LogP contribution in [-0.2, 0) is 9.59 Å². The average Bonchev–Trinajstić information content (AvgIpc) is 3.00. The lowest BCUT2D eigenvalue weighted by atomic mass is 9.91. The Morgan fingerprint density at radius 1 is 1.35 bits per heavy atom.